The van der Waals surface area contributed by atoms with E-state index in [-0.39, 0.29) is 0 Å². The highest BCUT2D eigenvalue weighted by Gasteiger charge is 2.17. The monoisotopic (exact) mass is 495 g/mol. The molecule has 0 spiro atoms. The Morgan fingerprint density at radius 1 is 0.919 bits per heavy atom. The van der Waals surface area contributed by atoms with E-state index in [4.69, 9.17) is 14.2 Å². The van der Waals surface area contributed by atoms with E-state index in [2.05, 4.69) is 59.3 Å². The van der Waals surface area contributed by atoms with Gasteiger partial charge in [0.2, 0.25) is 0 Å². The number of nitrogens with zero attached hydrogens (tertiary/aromatic N) is 1. The number of hydrogen-bond donors (Lipinski definition) is 0. The number of rotatable bonds is 6. The largest absolute Gasteiger partial charge is 0.497 e. The first-order valence-corrected chi connectivity index (χ1v) is 14.0. The molecule has 1 aliphatic carbocycles. The summed E-state index contributed by atoms with van der Waals surface area (Å²) >= 11 is 0. The van der Waals surface area contributed by atoms with Crippen LogP contribution in [0.25, 0.3) is 22.0 Å². The fourth-order valence-corrected chi connectivity index (χ4v) is 6.05. The molecule has 0 fully saturated rings. The maximum Gasteiger partial charge on any atom is 0.123 e. The second-order valence-corrected chi connectivity index (χ2v) is 10.4. The highest BCUT2D eigenvalue weighted by molar-refractivity contribution is 5.97. The molecule has 1 aliphatic heterocycles. The van der Waals surface area contributed by atoms with Gasteiger partial charge in [-0.3, -0.25) is 0 Å². The molecule has 0 N–H and O–H groups in total. The molecule has 2 bridgehead atoms. The molecule has 0 saturated heterocycles. The molecule has 4 aromatic rings. The van der Waals surface area contributed by atoms with Crippen molar-refractivity contribution in [1.82, 2.24) is 4.57 Å². The summed E-state index contributed by atoms with van der Waals surface area (Å²) in [4.78, 5) is 0. The van der Waals surface area contributed by atoms with E-state index in [1.807, 2.05) is 6.07 Å². The van der Waals surface area contributed by atoms with Crippen molar-refractivity contribution in [1.29, 1.82) is 0 Å². The lowest BCUT2D eigenvalue weighted by atomic mass is 9.91. The van der Waals surface area contributed by atoms with Gasteiger partial charge in [0.25, 0.3) is 0 Å². The van der Waals surface area contributed by atoms with Crippen molar-refractivity contribution in [3.63, 3.8) is 0 Å². The Morgan fingerprint density at radius 3 is 2.78 bits per heavy atom. The van der Waals surface area contributed by atoms with Crippen LogP contribution in [-0.4, -0.2) is 24.9 Å². The second kappa shape index (κ2) is 10.9. The van der Waals surface area contributed by atoms with Crippen molar-refractivity contribution in [2.75, 3.05) is 20.3 Å². The Labute approximate surface area is 220 Å². The summed E-state index contributed by atoms with van der Waals surface area (Å²) in [5.41, 5.74) is 8.02. The van der Waals surface area contributed by atoms with E-state index in [0.717, 1.165) is 81.1 Å². The lowest BCUT2D eigenvalue weighted by molar-refractivity contribution is 0.301. The standard InChI is InChI=1S/C33H37NO3/c1-35-27-20-26-21-28(22-27)36-18-6-2-5-17-34-23-25(30-14-8-15-31(26)33(30)34)12-9-19-37-32-16-7-11-24-10-3-4-13-29(24)32/h7-8,11,14-16,20-23H,2-6,9-10,12-13,17-19H2,1H3. The Balaban J connectivity index is 1.27. The second-order valence-electron chi connectivity index (χ2n) is 10.4. The number of methoxy groups -OCH3 is 1. The topological polar surface area (TPSA) is 32.6 Å². The third kappa shape index (κ3) is 5.07. The minimum absolute atomic E-state index is 0.741. The predicted octanol–water partition coefficient (Wildman–Crippen LogP) is 7.77. The molecule has 0 radical (unpaired) electrons. The molecule has 0 amide bonds. The number of aromatic nitrogens is 1. The average Bonchev–Trinajstić information content (AvgIpc) is 3.30. The van der Waals surface area contributed by atoms with Crippen LogP contribution in [0.3, 0.4) is 0 Å². The molecule has 0 saturated carbocycles. The molecule has 1 aromatic heterocycles. The molecule has 4 heteroatoms. The smallest absolute Gasteiger partial charge is 0.123 e. The van der Waals surface area contributed by atoms with E-state index >= 15 is 0 Å². The van der Waals surface area contributed by atoms with Crippen LogP contribution in [0, 0.1) is 0 Å². The van der Waals surface area contributed by atoms with Gasteiger partial charge in [0.15, 0.2) is 0 Å². The number of hydrogen-bond acceptors (Lipinski definition) is 3. The molecule has 6 rings (SSSR count). The third-order valence-electron chi connectivity index (χ3n) is 7.92. The normalized spacial score (nSPS) is 15.3. The maximum absolute atomic E-state index is 6.33. The van der Waals surface area contributed by atoms with Crippen LogP contribution in [-0.2, 0) is 25.8 Å². The minimum Gasteiger partial charge on any atom is -0.497 e. The Kier molecular flexibility index (Phi) is 7.07. The Hall–Kier alpha value is -3.40. The van der Waals surface area contributed by atoms with Crippen LogP contribution in [0.4, 0.5) is 0 Å². The molecule has 3 aromatic carbocycles. The van der Waals surface area contributed by atoms with Gasteiger partial charge in [0, 0.05) is 29.8 Å². The van der Waals surface area contributed by atoms with E-state index in [1.165, 1.54) is 52.4 Å². The summed E-state index contributed by atoms with van der Waals surface area (Å²) < 4.78 is 20.5. The van der Waals surface area contributed by atoms with E-state index in [9.17, 15) is 0 Å². The van der Waals surface area contributed by atoms with Gasteiger partial charge in [-0.2, -0.15) is 0 Å². The first-order valence-electron chi connectivity index (χ1n) is 14.0. The Bertz CT molecular complexity index is 1390. The molecular formula is C33H37NO3. The van der Waals surface area contributed by atoms with Crippen molar-refractivity contribution in [2.24, 2.45) is 0 Å². The third-order valence-corrected chi connectivity index (χ3v) is 7.92. The van der Waals surface area contributed by atoms with E-state index in [0.29, 0.717) is 0 Å². The lowest BCUT2D eigenvalue weighted by Gasteiger charge is -2.19. The zero-order valence-electron chi connectivity index (χ0n) is 21.9. The maximum atomic E-state index is 6.33. The van der Waals surface area contributed by atoms with Gasteiger partial charge in [-0.15, -0.1) is 0 Å². The highest BCUT2D eigenvalue weighted by atomic mass is 16.5. The van der Waals surface area contributed by atoms with Crippen LogP contribution in [0.15, 0.2) is 60.8 Å². The van der Waals surface area contributed by atoms with Crippen LogP contribution < -0.4 is 14.2 Å². The molecule has 4 nitrogen and oxygen atoms in total. The minimum atomic E-state index is 0.741. The van der Waals surface area contributed by atoms with Gasteiger partial charge in [-0.25, -0.2) is 0 Å². The van der Waals surface area contributed by atoms with Crippen molar-refractivity contribution >= 4 is 10.9 Å². The van der Waals surface area contributed by atoms with E-state index < -0.39 is 0 Å². The highest BCUT2D eigenvalue weighted by Crippen LogP contribution is 2.37. The van der Waals surface area contributed by atoms with Gasteiger partial charge in [-0.1, -0.05) is 30.3 Å². The van der Waals surface area contributed by atoms with Crippen LogP contribution >= 0.6 is 0 Å². The van der Waals surface area contributed by atoms with Crippen LogP contribution in [0.5, 0.6) is 17.2 Å². The molecule has 192 valence electrons. The number of aryl methyl sites for hydroxylation is 3. The average molecular weight is 496 g/mol. The van der Waals surface area contributed by atoms with Crippen molar-refractivity contribution < 1.29 is 14.2 Å². The van der Waals surface area contributed by atoms with Gasteiger partial charge >= 0.3 is 0 Å². The summed E-state index contributed by atoms with van der Waals surface area (Å²) in [7, 11) is 1.72. The van der Waals surface area contributed by atoms with Gasteiger partial charge in [0.05, 0.1) is 25.8 Å². The number of benzene rings is 3. The lowest BCUT2D eigenvalue weighted by Crippen LogP contribution is -2.07. The summed E-state index contributed by atoms with van der Waals surface area (Å²) in [6.07, 6.45) is 12.7. The van der Waals surface area contributed by atoms with Gasteiger partial charge < -0.3 is 18.8 Å². The zero-order valence-corrected chi connectivity index (χ0v) is 21.9. The van der Waals surface area contributed by atoms with Gasteiger partial charge in [-0.05, 0) is 98.2 Å². The quantitative estimate of drug-likeness (QED) is 0.256. The zero-order chi connectivity index (χ0) is 25.0. The van der Waals surface area contributed by atoms with Crippen molar-refractivity contribution in [3.05, 3.63) is 77.5 Å². The number of ether oxygens (including phenoxy) is 3. The first-order chi connectivity index (χ1) is 18.3. The number of fused-ring (bicyclic) bond motifs is 4. The first kappa shape index (κ1) is 24.0. The van der Waals surface area contributed by atoms with Crippen LogP contribution in [0.2, 0.25) is 0 Å². The number of para-hydroxylation sites is 1. The molecule has 2 heterocycles. The molecular weight excluding hydrogens is 458 g/mol. The van der Waals surface area contributed by atoms with Crippen molar-refractivity contribution in [3.8, 4) is 28.4 Å². The SMILES string of the molecule is COc1cc2cc(c1)-c1cccc3c(CCCOc4cccc5c4CCCC5)cn(c13)CCCCCO2. The van der Waals surface area contributed by atoms with Crippen molar-refractivity contribution in [2.45, 2.75) is 64.3 Å². The van der Waals surface area contributed by atoms with Gasteiger partial charge in [0.1, 0.15) is 17.2 Å². The fraction of sp³-hybridized carbons (Fsp3) is 0.394. The Morgan fingerprint density at radius 2 is 1.84 bits per heavy atom. The molecule has 2 aliphatic rings. The summed E-state index contributed by atoms with van der Waals surface area (Å²) in [5.74, 6) is 2.81. The summed E-state index contributed by atoms with van der Waals surface area (Å²) in [6.45, 7) is 2.52. The van der Waals surface area contributed by atoms with Crippen LogP contribution in [0.1, 0.15) is 55.2 Å². The molecule has 37 heavy (non-hydrogen) atoms. The summed E-state index contributed by atoms with van der Waals surface area (Å²) in [6, 6.07) is 19.5. The summed E-state index contributed by atoms with van der Waals surface area (Å²) in [5, 5.41) is 1.34. The molecule has 0 unspecified atom stereocenters. The molecule has 0 atom stereocenters. The fourth-order valence-electron chi connectivity index (χ4n) is 6.05. The predicted molar refractivity (Wildman–Crippen MR) is 150 cm³/mol. The van der Waals surface area contributed by atoms with E-state index in [1.54, 1.807) is 7.11 Å².